The second-order valence-electron chi connectivity index (χ2n) is 9.41. The molecule has 30 heavy (non-hydrogen) atoms. The van der Waals surface area contributed by atoms with E-state index in [1.165, 1.54) is 12.8 Å². The van der Waals surface area contributed by atoms with E-state index < -0.39 is 0 Å². The highest BCUT2D eigenvalue weighted by Crippen LogP contribution is 2.28. The third kappa shape index (κ3) is 6.38. The summed E-state index contributed by atoms with van der Waals surface area (Å²) >= 11 is 0. The first-order chi connectivity index (χ1) is 14.4. The van der Waals surface area contributed by atoms with Gasteiger partial charge in [-0.2, -0.15) is 0 Å². The number of carbonyl (C=O) groups is 1. The minimum Gasteiger partial charge on any atom is -0.488 e. The summed E-state index contributed by atoms with van der Waals surface area (Å²) in [6, 6.07) is 8.32. The average molecular weight is 415 g/mol. The monoisotopic (exact) mass is 414 g/mol. The van der Waals surface area contributed by atoms with Crippen LogP contribution < -0.4 is 15.4 Å². The van der Waals surface area contributed by atoms with Crippen LogP contribution in [-0.2, 0) is 11.3 Å². The van der Waals surface area contributed by atoms with Gasteiger partial charge in [0.25, 0.3) is 0 Å². The molecule has 0 spiro atoms. The largest absolute Gasteiger partial charge is 0.488 e. The van der Waals surface area contributed by atoms with Gasteiger partial charge in [-0.1, -0.05) is 31.0 Å². The van der Waals surface area contributed by atoms with E-state index in [9.17, 15) is 4.79 Å². The fraction of sp³-hybridized carbons (Fsp3) is 0.667. The number of aliphatic imine (C=N–C) groups is 1. The first-order valence-electron chi connectivity index (χ1n) is 11.5. The molecule has 1 heterocycles. The summed E-state index contributed by atoms with van der Waals surface area (Å²) in [7, 11) is 0. The van der Waals surface area contributed by atoms with E-state index >= 15 is 0 Å². The van der Waals surface area contributed by atoms with Crippen molar-refractivity contribution in [3.8, 4) is 5.75 Å². The van der Waals surface area contributed by atoms with Crippen molar-refractivity contribution in [2.24, 2.45) is 10.9 Å². The van der Waals surface area contributed by atoms with Gasteiger partial charge in [0.15, 0.2) is 5.96 Å². The molecule has 1 saturated carbocycles. The second kappa shape index (κ2) is 10.2. The van der Waals surface area contributed by atoms with E-state index in [0.717, 1.165) is 56.2 Å². The molecule has 1 aromatic carbocycles. The van der Waals surface area contributed by atoms with Crippen LogP contribution >= 0.6 is 0 Å². The van der Waals surface area contributed by atoms with Crippen LogP contribution in [0, 0.1) is 5.92 Å². The number of ether oxygens (including phenoxy) is 1. The molecule has 0 radical (unpaired) electrons. The number of carbonyl (C=O) groups excluding carboxylic acids is 1. The average Bonchev–Trinajstić information content (AvgIpc) is 3.38. The molecular formula is C24H38N4O2. The molecule has 1 saturated heterocycles. The molecular weight excluding hydrogens is 376 g/mol. The Morgan fingerprint density at radius 3 is 2.63 bits per heavy atom. The van der Waals surface area contributed by atoms with Crippen molar-refractivity contribution in [3.05, 3.63) is 29.8 Å². The molecule has 0 aromatic heterocycles. The summed E-state index contributed by atoms with van der Waals surface area (Å²) in [5.41, 5.74) is 0.816. The zero-order valence-corrected chi connectivity index (χ0v) is 19.0. The lowest BCUT2D eigenvalue weighted by molar-refractivity contribution is -0.134. The fourth-order valence-corrected chi connectivity index (χ4v) is 4.25. The number of nitrogens with one attached hydrogen (secondary N) is 2. The molecule has 1 amide bonds. The second-order valence-corrected chi connectivity index (χ2v) is 9.41. The van der Waals surface area contributed by atoms with E-state index in [-0.39, 0.29) is 17.6 Å². The van der Waals surface area contributed by atoms with E-state index in [2.05, 4.69) is 44.4 Å². The Balaban J connectivity index is 1.60. The summed E-state index contributed by atoms with van der Waals surface area (Å²) in [6.07, 6.45) is 5.49. The molecule has 2 fully saturated rings. The summed E-state index contributed by atoms with van der Waals surface area (Å²) in [4.78, 5) is 19.5. The standard InChI is InChI=1S/C24H38N4O2/c1-5-25-23(26-16-19-12-8-9-13-21(19)30-24(2,3)4)27-20-14-15-28(17-20)22(29)18-10-6-7-11-18/h8-9,12-13,18,20H,5-7,10-11,14-17H2,1-4H3,(H2,25,26,27). The van der Waals surface area contributed by atoms with Crippen LogP contribution in [0.2, 0.25) is 0 Å². The highest BCUT2D eigenvalue weighted by molar-refractivity contribution is 5.81. The van der Waals surface area contributed by atoms with Crippen molar-refractivity contribution in [2.75, 3.05) is 19.6 Å². The van der Waals surface area contributed by atoms with Crippen LogP contribution in [0.5, 0.6) is 5.75 Å². The molecule has 1 unspecified atom stereocenters. The van der Waals surface area contributed by atoms with Crippen LogP contribution in [0.4, 0.5) is 0 Å². The Morgan fingerprint density at radius 2 is 1.93 bits per heavy atom. The number of hydrogen-bond acceptors (Lipinski definition) is 3. The predicted molar refractivity (Wildman–Crippen MR) is 122 cm³/mol. The van der Waals surface area contributed by atoms with E-state index in [4.69, 9.17) is 9.73 Å². The molecule has 2 N–H and O–H groups in total. The number of benzene rings is 1. The highest BCUT2D eigenvalue weighted by Gasteiger charge is 2.32. The van der Waals surface area contributed by atoms with Gasteiger partial charge in [-0.15, -0.1) is 0 Å². The van der Waals surface area contributed by atoms with Gasteiger partial charge in [0.2, 0.25) is 5.91 Å². The molecule has 1 aliphatic carbocycles. The maximum atomic E-state index is 12.7. The molecule has 166 valence electrons. The zero-order chi connectivity index (χ0) is 21.6. The summed E-state index contributed by atoms with van der Waals surface area (Å²) in [6.45, 7) is 11.2. The minimum atomic E-state index is -0.248. The van der Waals surface area contributed by atoms with Gasteiger partial charge in [0, 0.05) is 37.2 Å². The van der Waals surface area contributed by atoms with E-state index in [1.54, 1.807) is 0 Å². The van der Waals surface area contributed by atoms with Crippen LogP contribution in [0.1, 0.15) is 65.4 Å². The molecule has 1 atom stereocenters. The third-order valence-electron chi connectivity index (χ3n) is 5.69. The number of rotatable bonds is 6. The van der Waals surface area contributed by atoms with Gasteiger partial charge in [-0.05, 0) is 53.0 Å². The Labute approximate surface area is 181 Å². The van der Waals surface area contributed by atoms with E-state index in [0.29, 0.717) is 12.5 Å². The number of amides is 1. The number of likely N-dealkylation sites (tertiary alicyclic amines) is 1. The van der Waals surface area contributed by atoms with Crippen molar-refractivity contribution in [1.82, 2.24) is 15.5 Å². The number of para-hydroxylation sites is 1. The lowest BCUT2D eigenvalue weighted by atomic mass is 10.1. The minimum absolute atomic E-state index is 0.245. The molecule has 3 rings (SSSR count). The van der Waals surface area contributed by atoms with Crippen LogP contribution in [0.3, 0.4) is 0 Å². The Hall–Kier alpha value is -2.24. The first kappa shape index (κ1) is 22.4. The van der Waals surface area contributed by atoms with Crippen LogP contribution in [0.25, 0.3) is 0 Å². The number of nitrogens with zero attached hydrogens (tertiary/aromatic N) is 2. The van der Waals surface area contributed by atoms with Crippen molar-refractivity contribution in [1.29, 1.82) is 0 Å². The Bertz CT molecular complexity index is 735. The quantitative estimate of drug-likeness (QED) is 0.550. The van der Waals surface area contributed by atoms with Gasteiger partial charge in [0.1, 0.15) is 11.4 Å². The van der Waals surface area contributed by atoms with E-state index in [1.807, 2.05) is 23.1 Å². The Morgan fingerprint density at radius 1 is 1.20 bits per heavy atom. The van der Waals surface area contributed by atoms with Gasteiger partial charge in [0.05, 0.1) is 6.54 Å². The maximum absolute atomic E-state index is 12.7. The van der Waals surface area contributed by atoms with Crippen LogP contribution in [0.15, 0.2) is 29.3 Å². The van der Waals surface area contributed by atoms with Crippen molar-refractivity contribution >= 4 is 11.9 Å². The molecule has 2 aliphatic rings. The van der Waals surface area contributed by atoms with Crippen molar-refractivity contribution in [2.45, 2.75) is 78.0 Å². The first-order valence-corrected chi connectivity index (χ1v) is 11.5. The zero-order valence-electron chi connectivity index (χ0n) is 19.0. The van der Waals surface area contributed by atoms with Crippen molar-refractivity contribution in [3.63, 3.8) is 0 Å². The Kier molecular flexibility index (Phi) is 7.62. The molecule has 6 heteroatoms. The van der Waals surface area contributed by atoms with Gasteiger partial charge in [-0.3, -0.25) is 4.79 Å². The predicted octanol–water partition coefficient (Wildman–Crippen LogP) is 3.71. The third-order valence-corrected chi connectivity index (χ3v) is 5.69. The maximum Gasteiger partial charge on any atom is 0.225 e. The number of guanidine groups is 1. The molecule has 6 nitrogen and oxygen atoms in total. The topological polar surface area (TPSA) is 66.0 Å². The highest BCUT2D eigenvalue weighted by atomic mass is 16.5. The lowest BCUT2D eigenvalue weighted by Crippen LogP contribution is -2.45. The van der Waals surface area contributed by atoms with Gasteiger partial charge >= 0.3 is 0 Å². The smallest absolute Gasteiger partial charge is 0.225 e. The molecule has 0 bridgehead atoms. The number of hydrogen-bond donors (Lipinski definition) is 2. The van der Waals surface area contributed by atoms with Gasteiger partial charge in [-0.25, -0.2) is 4.99 Å². The lowest BCUT2D eigenvalue weighted by Gasteiger charge is -2.23. The summed E-state index contributed by atoms with van der Waals surface area (Å²) in [5, 5.41) is 6.88. The summed E-state index contributed by atoms with van der Waals surface area (Å²) in [5.74, 6) is 2.28. The van der Waals surface area contributed by atoms with Crippen molar-refractivity contribution < 1.29 is 9.53 Å². The SMILES string of the molecule is CCNC(=NCc1ccccc1OC(C)(C)C)NC1CCN(C(=O)C2CCCC2)C1. The van der Waals surface area contributed by atoms with Gasteiger partial charge < -0.3 is 20.3 Å². The summed E-state index contributed by atoms with van der Waals surface area (Å²) < 4.78 is 6.09. The molecule has 1 aromatic rings. The fourth-order valence-electron chi connectivity index (χ4n) is 4.25. The normalized spacial score (nSPS) is 20.5. The van der Waals surface area contributed by atoms with Crippen LogP contribution in [-0.4, -0.2) is 48.0 Å². The molecule has 1 aliphatic heterocycles.